The van der Waals surface area contributed by atoms with Crippen LogP contribution >= 0.6 is 15.9 Å². The van der Waals surface area contributed by atoms with Gasteiger partial charge in [-0.2, -0.15) is 5.26 Å². The molecule has 0 amide bonds. The highest BCUT2D eigenvalue weighted by atomic mass is 79.9. The van der Waals surface area contributed by atoms with Crippen molar-refractivity contribution in [3.8, 4) is 29.1 Å². The van der Waals surface area contributed by atoms with Crippen LogP contribution < -0.4 is 18.9 Å². The fourth-order valence-electron chi connectivity index (χ4n) is 2.62. The first-order chi connectivity index (χ1) is 15.0. The number of carbonyl (C=O) groups is 1. The number of para-hydroxylation sites is 2. The highest BCUT2D eigenvalue weighted by Crippen LogP contribution is 2.37. The van der Waals surface area contributed by atoms with E-state index in [-0.39, 0.29) is 18.8 Å². The molecule has 0 unspecified atom stereocenters. The van der Waals surface area contributed by atoms with Crippen LogP contribution in [0.3, 0.4) is 0 Å². The minimum Gasteiger partial charge on any atom is -0.493 e. The van der Waals surface area contributed by atoms with Gasteiger partial charge in [-0.25, -0.2) is 4.79 Å². The molecule has 0 aliphatic rings. The number of hydrogen-bond acceptors (Lipinski definition) is 7. The van der Waals surface area contributed by atoms with Gasteiger partial charge in [0.1, 0.15) is 24.9 Å². The van der Waals surface area contributed by atoms with Crippen molar-refractivity contribution in [1.82, 2.24) is 0 Å². The zero-order valence-electron chi connectivity index (χ0n) is 17.6. The van der Waals surface area contributed by atoms with E-state index in [4.69, 9.17) is 23.7 Å². The molecule has 0 radical (unpaired) electrons. The quantitative estimate of drug-likeness (QED) is 0.194. The van der Waals surface area contributed by atoms with Gasteiger partial charge in [-0.3, -0.25) is 0 Å². The number of carbonyl (C=O) groups excluding carboxylic acids is 1. The highest BCUT2D eigenvalue weighted by Gasteiger charge is 2.15. The molecule has 0 N–H and O–H groups in total. The summed E-state index contributed by atoms with van der Waals surface area (Å²) in [4.78, 5) is 11.9. The maximum absolute atomic E-state index is 11.9. The number of benzene rings is 2. The first kappa shape index (κ1) is 24.1. The lowest BCUT2D eigenvalue weighted by molar-refractivity contribution is -0.137. The van der Waals surface area contributed by atoms with Crippen LogP contribution in [0.4, 0.5) is 0 Å². The summed E-state index contributed by atoms with van der Waals surface area (Å²) in [6, 6.07) is 12.6. The number of methoxy groups -OCH3 is 1. The summed E-state index contributed by atoms with van der Waals surface area (Å²) in [6.07, 6.45) is 1.44. The van der Waals surface area contributed by atoms with Crippen molar-refractivity contribution >= 4 is 28.0 Å². The Balaban J connectivity index is 2.14. The molecule has 0 aromatic heterocycles. The second kappa shape index (κ2) is 12.5. The topological polar surface area (TPSA) is 87.0 Å². The molecular formula is C23H24BrNO6. The van der Waals surface area contributed by atoms with Gasteiger partial charge in [-0.1, -0.05) is 12.1 Å². The van der Waals surface area contributed by atoms with Crippen LogP contribution in [0.5, 0.6) is 23.0 Å². The van der Waals surface area contributed by atoms with Gasteiger partial charge in [0.15, 0.2) is 23.0 Å². The molecule has 2 rings (SSSR count). The Morgan fingerprint density at radius 1 is 1.03 bits per heavy atom. The summed E-state index contributed by atoms with van der Waals surface area (Å²) in [5.41, 5.74) is 0.493. The van der Waals surface area contributed by atoms with Crippen molar-refractivity contribution < 1.29 is 28.5 Å². The van der Waals surface area contributed by atoms with E-state index in [0.29, 0.717) is 46.2 Å². The van der Waals surface area contributed by atoms with Crippen LogP contribution in [0.2, 0.25) is 0 Å². The van der Waals surface area contributed by atoms with Crippen LogP contribution in [-0.4, -0.2) is 39.5 Å². The van der Waals surface area contributed by atoms with E-state index < -0.39 is 5.97 Å². The summed E-state index contributed by atoms with van der Waals surface area (Å²) in [6.45, 7) is 4.69. The van der Waals surface area contributed by atoms with E-state index in [2.05, 4.69) is 15.9 Å². The summed E-state index contributed by atoms with van der Waals surface area (Å²) < 4.78 is 28.1. The monoisotopic (exact) mass is 489 g/mol. The molecule has 0 atom stereocenters. The highest BCUT2D eigenvalue weighted by molar-refractivity contribution is 9.10. The average Bonchev–Trinajstić information content (AvgIpc) is 2.77. The van der Waals surface area contributed by atoms with Gasteiger partial charge in [0.2, 0.25) is 0 Å². The molecule has 31 heavy (non-hydrogen) atoms. The minimum absolute atomic E-state index is 0.102. The Bertz CT molecular complexity index is 967. The van der Waals surface area contributed by atoms with Crippen molar-refractivity contribution in [2.75, 3.05) is 33.5 Å². The van der Waals surface area contributed by atoms with Gasteiger partial charge >= 0.3 is 5.97 Å². The maximum atomic E-state index is 11.9. The molecule has 0 bridgehead atoms. The lowest BCUT2D eigenvalue weighted by Gasteiger charge is -2.15. The maximum Gasteiger partial charge on any atom is 0.348 e. The van der Waals surface area contributed by atoms with Gasteiger partial charge in [-0.15, -0.1) is 0 Å². The third-order valence-electron chi connectivity index (χ3n) is 3.91. The van der Waals surface area contributed by atoms with E-state index in [9.17, 15) is 10.1 Å². The lowest BCUT2D eigenvalue weighted by atomic mass is 10.1. The van der Waals surface area contributed by atoms with Gasteiger partial charge < -0.3 is 23.7 Å². The molecule has 0 spiro atoms. The van der Waals surface area contributed by atoms with Crippen molar-refractivity contribution in [2.24, 2.45) is 0 Å². The predicted octanol–water partition coefficient (Wildman–Crippen LogP) is 4.78. The Labute approximate surface area is 190 Å². The Kier molecular flexibility index (Phi) is 9.72. The molecule has 0 heterocycles. The summed E-state index contributed by atoms with van der Waals surface area (Å²) >= 11 is 3.47. The molecular weight excluding hydrogens is 466 g/mol. The number of nitriles is 1. The normalized spacial score (nSPS) is 10.7. The number of halogens is 1. The van der Waals surface area contributed by atoms with Crippen LogP contribution in [-0.2, 0) is 9.53 Å². The SMILES string of the molecule is CCOC(=O)C(C#N)=Cc1cc(Br)c(OCCOc2ccccc2OC)c(OCC)c1. The van der Waals surface area contributed by atoms with Gasteiger partial charge in [0.25, 0.3) is 0 Å². The van der Waals surface area contributed by atoms with Gasteiger partial charge in [-0.05, 0) is 65.7 Å². The summed E-state index contributed by atoms with van der Waals surface area (Å²) in [5.74, 6) is 1.57. The molecule has 164 valence electrons. The van der Waals surface area contributed by atoms with Crippen molar-refractivity contribution in [2.45, 2.75) is 13.8 Å². The van der Waals surface area contributed by atoms with E-state index in [1.807, 2.05) is 37.3 Å². The van der Waals surface area contributed by atoms with E-state index >= 15 is 0 Å². The van der Waals surface area contributed by atoms with Crippen LogP contribution in [0.15, 0.2) is 46.4 Å². The molecule has 0 aliphatic carbocycles. The number of esters is 1. The second-order valence-corrected chi connectivity index (χ2v) is 6.86. The first-order valence-electron chi connectivity index (χ1n) is 9.67. The zero-order valence-corrected chi connectivity index (χ0v) is 19.2. The molecule has 0 saturated carbocycles. The Morgan fingerprint density at radius 3 is 2.39 bits per heavy atom. The number of ether oxygens (including phenoxy) is 5. The molecule has 8 heteroatoms. The smallest absolute Gasteiger partial charge is 0.348 e. The standard InChI is InChI=1S/C23H24BrNO6/c1-4-28-21-14-16(12-17(15-25)23(26)29-5-2)13-18(24)22(21)31-11-10-30-20-9-7-6-8-19(20)27-3/h6-9,12-14H,4-5,10-11H2,1-3H3. The molecule has 0 aliphatic heterocycles. The number of hydrogen-bond donors (Lipinski definition) is 0. The zero-order chi connectivity index (χ0) is 22.6. The molecule has 0 fully saturated rings. The molecule has 0 saturated heterocycles. The van der Waals surface area contributed by atoms with Gasteiger partial charge in [0, 0.05) is 0 Å². The third kappa shape index (κ3) is 6.93. The fourth-order valence-corrected chi connectivity index (χ4v) is 3.19. The number of rotatable bonds is 11. The van der Waals surface area contributed by atoms with E-state index in [1.165, 1.54) is 6.08 Å². The second-order valence-electron chi connectivity index (χ2n) is 6.00. The number of nitrogens with zero attached hydrogens (tertiary/aromatic N) is 1. The van der Waals surface area contributed by atoms with Gasteiger partial charge in [0.05, 0.1) is 24.8 Å². The van der Waals surface area contributed by atoms with Crippen molar-refractivity contribution in [3.05, 3.63) is 52.0 Å². The van der Waals surface area contributed by atoms with Crippen LogP contribution in [0.25, 0.3) is 6.08 Å². The Morgan fingerprint density at radius 2 is 1.74 bits per heavy atom. The van der Waals surface area contributed by atoms with Crippen molar-refractivity contribution in [1.29, 1.82) is 5.26 Å². The summed E-state index contributed by atoms with van der Waals surface area (Å²) in [7, 11) is 1.58. The predicted molar refractivity (Wildman–Crippen MR) is 120 cm³/mol. The molecule has 7 nitrogen and oxygen atoms in total. The molecule has 2 aromatic carbocycles. The van der Waals surface area contributed by atoms with E-state index in [1.54, 1.807) is 26.2 Å². The largest absolute Gasteiger partial charge is 0.493 e. The Hall–Kier alpha value is -3.18. The fraction of sp³-hybridized carbons (Fsp3) is 0.304. The van der Waals surface area contributed by atoms with Crippen molar-refractivity contribution in [3.63, 3.8) is 0 Å². The van der Waals surface area contributed by atoms with Crippen LogP contribution in [0, 0.1) is 11.3 Å². The van der Waals surface area contributed by atoms with Crippen LogP contribution in [0.1, 0.15) is 19.4 Å². The van der Waals surface area contributed by atoms with E-state index in [0.717, 1.165) is 0 Å². The first-order valence-corrected chi connectivity index (χ1v) is 10.5. The lowest BCUT2D eigenvalue weighted by Crippen LogP contribution is -2.11. The average molecular weight is 490 g/mol. The summed E-state index contributed by atoms with van der Waals surface area (Å²) in [5, 5.41) is 9.25. The molecule has 2 aromatic rings. The third-order valence-corrected chi connectivity index (χ3v) is 4.50. The minimum atomic E-state index is -0.673.